The van der Waals surface area contributed by atoms with Crippen molar-refractivity contribution in [3.8, 4) is 11.4 Å². The highest BCUT2D eigenvalue weighted by molar-refractivity contribution is 7.91. The zero-order chi connectivity index (χ0) is 15.7. The quantitative estimate of drug-likeness (QED) is 0.838. The van der Waals surface area contributed by atoms with Crippen LogP contribution in [0.3, 0.4) is 0 Å². The van der Waals surface area contributed by atoms with Gasteiger partial charge in [0.2, 0.25) is 0 Å². The summed E-state index contributed by atoms with van der Waals surface area (Å²) in [6.07, 6.45) is 0.459. The van der Waals surface area contributed by atoms with Crippen LogP contribution in [0.4, 0.5) is 0 Å². The van der Waals surface area contributed by atoms with E-state index in [9.17, 15) is 13.2 Å². The SMILES string of the molecule is Cn1nnnc1-c1cccc(C(=O)NC2CCS(=O)(=O)C2)c1. The summed E-state index contributed by atoms with van der Waals surface area (Å²) in [6, 6.07) is 6.58. The number of nitrogens with zero attached hydrogens (tertiary/aromatic N) is 4. The Balaban J connectivity index is 1.78. The van der Waals surface area contributed by atoms with Gasteiger partial charge in [-0.05, 0) is 29.0 Å². The molecule has 0 bridgehead atoms. The first-order chi connectivity index (χ1) is 10.4. The molecule has 116 valence electrons. The van der Waals surface area contributed by atoms with Crippen molar-refractivity contribution in [2.45, 2.75) is 12.5 Å². The lowest BCUT2D eigenvalue weighted by Crippen LogP contribution is -2.35. The first-order valence-electron chi connectivity index (χ1n) is 6.79. The number of aryl methyl sites for hydroxylation is 1. The molecule has 0 spiro atoms. The summed E-state index contributed by atoms with van der Waals surface area (Å²) in [5, 5.41) is 14.0. The molecule has 1 aliphatic rings. The molecule has 1 atom stereocenters. The Kier molecular flexibility index (Phi) is 3.65. The minimum absolute atomic E-state index is 0.00559. The van der Waals surface area contributed by atoms with Crippen LogP contribution < -0.4 is 5.32 Å². The molecule has 8 nitrogen and oxygen atoms in total. The molecule has 1 saturated heterocycles. The van der Waals surface area contributed by atoms with Crippen LogP contribution in [0.15, 0.2) is 24.3 Å². The van der Waals surface area contributed by atoms with E-state index in [2.05, 4.69) is 20.8 Å². The van der Waals surface area contributed by atoms with Crippen molar-refractivity contribution in [3.05, 3.63) is 29.8 Å². The van der Waals surface area contributed by atoms with E-state index >= 15 is 0 Å². The van der Waals surface area contributed by atoms with E-state index in [1.54, 1.807) is 25.2 Å². The number of sulfone groups is 1. The molecule has 1 aliphatic heterocycles. The van der Waals surface area contributed by atoms with Gasteiger partial charge in [0.05, 0.1) is 11.5 Å². The molecule has 3 rings (SSSR count). The fraction of sp³-hybridized carbons (Fsp3) is 0.385. The molecule has 2 aromatic rings. The molecule has 1 aromatic carbocycles. The number of carbonyl (C=O) groups is 1. The number of amides is 1. The molecule has 0 radical (unpaired) electrons. The lowest BCUT2D eigenvalue weighted by molar-refractivity contribution is 0.0941. The number of carbonyl (C=O) groups excluding carboxylic acids is 1. The molecule has 1 unspecified atom stereocenters. The summed E-state index contributed by atoms with van der Waals surface area (Å²) in [5.74, 6) is 0.394. The smallest absolute Gasteiger partial charge is 0.251 e. The zero-order valence-corrected chi connectivity index (χ0v) is 12.7. The van der Waals surface area contributed by atoms with Gasteiger partial charge in [0, 0.05) is 24.2 Å². The van der Waals surface area contributed by atoms with Crippen molar-refractivity contribution in [3.63, 3.8) is 0 Å². The van der Waals surface area contributed by atoms with Gasteiger partial charge in [-0.3, -0.25) is 4.79 Å². The highest BCUT2D eigenvalue weighted by atomic mass is 32.2. The van der Waals surface area contributed by atoms with Crippen LogP contribution >= 0.6 is 0 Å². The number of nitrogens with one attached hydrogen (secondary N) is 1. The third-order valence-electron chi connectivity index (χ3n) is 3.57. The van der Waals surface area contributed by atoms with Crippen molar-refractivity contribution in [1.82, 2.24) is 25.5 Å². The van der Waals surface area contributed by atoms with Gasteiger partial charge in [0.1, 0.15) is 0 Å². The number of aromatic nitrogens is 4. The number of rotatable bonds is 3. The van der Waals surface area contributed by atoms with Gasteiger partial charge in [-0.25, -0.2) is 13.1 Å². The van der Waals surface area contributed by atoms with Crippen LogP contribution in [0.2, 0.25) is 0 Å². The fourth-order valence-corrected chi connectivity index (χ4v) is 4.12. The van der Waals surface area contributed by atoms with E-state index in [1.807, 2.05) is 6.07 Å². The summed E-state index contributed by atoms with van der Waals surface area (Å²) < 4.78 is 24.4. The fourth-order valence-electron chi connectivity index (χ4n) is 2.45. The normalized spacial score (nSPS) is 20.0. The summed E-state index contributed by atoms with van der Waals surface area (Å²) in [7, 11) is -1.30. The Morgan fingerprint density at radius 3 is 2.86 bits per heavy atom. The van der Waals surface area contributed by atoms with Crippen LogP contribution in [0.25, 0.3) is 11.4 Å². The lowest BCUT2D eigenvalue weighted by atomic mass is 10.1. The van der Waals surface area contributed by atoms with Gasteiger partial charge < -0.3 is 5.32 Å². The maximum Gasteiger partial charge on any atom is 0.251 e. The Bertz CT molecular complexity index is 815. The average molecular weight is 321 g/mol. The Labute approximate surface area is 127 Å². The second kappa shape index (κ2) is 5.48. The van der Waals surface area contributed by atoms with Crippen LogP contribution in [-0.4, -0.2) is 52.1 Å². The van der Waals surface area contributed by atoms with Gasteiger partial charge in [0.25, 0.3) is 5.91 Å². The van der Waals surface area contributed by atoms with E-state index in [0.717, 1.165) is 5.56 Å². The molecule has 1 amide bonds. The second-order valence-corrected chi connectivity index (χ2v) is 7.51. The predicted octanol–water partition coefficient (Wildman–Crippen LogP) is -0.206. The first-order valence-corrected chi connectivity index (χ1v) is 8.61. The summed E-state index contributed by atoms with van der Waals surface area (Å²) in [5.41, 5.74) is 1.17. The molecular weight excluding hydrogens is 306 g/mol. The van der Waals surface area contributed by atoms with Crippen LogP contribution in [0.1, 0.15) is 16.8 Å². The lowest BCUT2D eigenvalue weighted by Gasteiger charge is -2.11. The second-order valence-electron chi connectivity index (χ2n) is 5.28. The van der Waals surface area contributed by atoms with Gasteiger partial charge >= 0.3 is 0 Å². The van der Waals surface area contributed by atoms with Crippen molar-refractivity contribution >= 4 is 15.7 Å². The monoisotopic (exact) mass is 321 g/mol. The average Bonchev–Trinajstić information content (AvgIpc) is 3.04. The van der Waals surface area contributed by atoms with Crippen LogP contribution in [0.5, 0.6) is 0 Å². The third-order valence-corrected chi connectivity index (χ3v) is 5.34. The number of hydrogen-bond acceptors (Lipinski definition) is 6. The van der Waals surface area contributed by atoms with E-state index < -0.39 is 9.84 Å². The topological polar surface area (TPSA) is 107 Å². The predicted molar refractivity (Wildman–Crippen MR) is 78.8 cm³/mol. The van der Waals surface area contributed by atoms with Crippen molar-refractivity contribution in [2.24, 2.45) is 7.05 Å². The largest absolute Gasteiger partial charge is 0.348 e. The standard InChI is InChI=1S/C13H15N5O3S/c1-18-12(15-16-17-18)9-3-2-4-10(7-9)13(19)14-11-5-6-22(20,21)8-11/h2-4,7,11H,5-6,8H2,1H3,(H,14,19). The van der Waals surface area contributed by atoms with E-state index in [-0.39, 0.29) is 23.5 Å². The van der Waals surface area contributed by atoms with E-state index in [4.69, 9.17) is 0 Å². The summed E-state index contributed by atoms with van der Waals surface area (Å²) in [6.45, 7) is 0. The first kappa shape index (κ1) is 14.6. The molecule has 0 aliphatic carbocycles. The minimum Gasteiger partial charge on any atom is -0.348 e. The highest BCUT2D eigenvalue weighted by Gasteiger charge is 2.29. The van der Waals surface area contributed by atoms with Crippen molar-refractivity contribution in [2.75, 3.05) is 11.5 Å². The zero-order valence-electron chi connectivity index (χ0n) is 11.9. The molecule has 1 N–H and O–H groups in total. The molecule has 2 heterocycles. The molecule has 1 fully saturated rings. The number of hydrogen-bond donors (Lipinski definition) is 1. The minimum atomic E-state index is -3.02. The van der Waals surface area contributed by atoms with Crippen molar-refractivity contribution in [1.29, 1.82) is 0 Å². The maximum atomic E-state index is 12.3. The third kappa shape index (κ3) is 2.98. The van der Waals surface area contributed by atoms with Gasteiger partial charge in [-0.1, -0.05) is 12.1 Å². The Morgan fingerprint density at radius 2 is 2.23 bits per heavy atom. The van der Waals surface area contributed by atoms with Crippen LogP contribution in [-0.2, 0) is 16.9 Å². The maximum absolute atomic E-state index is 12.3. The number of benzene rings is 1. The molecule has 0 saturated carbocycles. The highest BCUT2D eigenvalue weighted by Crippen LogP contribution is 2.17. The Morgan fingerprint density at radius 1 is 1.41 bits per heavy atom. The van der Waals surface area contributed by atoms with Gasteiger partial charge in [0.15, 0.2) is 15.7 Å². The molecule has 22 heavy (non-hydrogen) atoms. The summed E-state index contributed by atoms with van der Waals surface area (Å²) in [4.78, 5) is 12.3. The van der Waals surface area contributed by atoms with Gasteiger partial charge in [-0.15, -0.1) is 5.10 Å². The van der Waals surface area contributed by atoms with Crippen molar-refractivity contribution < 1.29 is 13.2 Å². The summed E-state index contributed by atoms with van der Waals surface area (Å²) >= 11 is 0. The van der Waals surface area contributed by atoms with Gasteiger partial charge in [-0.2, -0.15) is 0 Å². The van der Waals surface area contributed by atoms with E-state index in [1.165, 1.54) is 4.68 Å². The van der Waals surface area contributed by atoms with Crippen LogP contribution in [0, 0.1) is 0 Å². The molecule has 9 heteroatoms. The molecule has 1 aromatic heterocycles. The van der Waals surface area contributed by atoms with E-state index in [0.29, 0.717) is 17.8 Å². The number of tetrazole rings is 1. The molecular formula is C13H15N5O3S. The Hall–Kier alpha value is -2.29.